The quantitative estimate of drug-likeness (QED) is 0.526. The molecule has 0 aliphatic carbocycles. The van der Waals surface area contributed by atoms with Gasteiger partial charge in [0.1, 0.15) is 10.7 Å². The third-order valence-corrected chi connectivity index (χ3v) is 4.83. The molecule has 0 atom stereocenters. The molecular weight excluding hydrogens is 376 g/mol. The lowest BCUT2D eigenvalue weighted by Crippen LogP contribution is -2.15. The molecule has 7 nitrogen and oxygen atoms in total. The fourth-order valence-corrected chi connectivity index (χ4v) is 3.53. The standard InChI is InChI=1S/C20H16N4O3S/c25-19-11-13-23(17-9-5-4-6-15(17)14-28(26)27)22-20(19)18-10-12-21-24(18)16-7-2-1-3-8-16/h1-13,28H,14H2. The summed E-state index contributed by atoms with van der Waals surface area (Å²) in [4.78, 5) is 12.5. The molecule has 0 spiro atoms. The molecule has 0 saturated carbocycles. The van der Waals surface area contributed by atoms with Crippen LogP contribution in [-0.4, -0.2) is 28.0 Å². The minimum atomic E-state index is -2.59. The predicted molar refractivity (Wildman–Crippen MR) is 106 cm³/mol. The summed E-state index contributed by atoms with van der Waals surface area (Å²) in [5, 5.41) is 8.80. The van der Waals surface area contributed by atoms with Gasteiger partial charge in [0.25, 0.3) is 0 Å². The molecular formula is C20H16N4O3S. The van der Waals surface area contributed by atoms with E-state index in [9.17, 15) is 13.2 Å². The first-order valence-electron chi connectivity index (χ1n) is 8.53. The molecule has 0 bridgehead atoms. The molecule has 140 valence electrons. The van der Waals surface area contributed by atoms with Gasteiger partial charge in [-0.25, -0.2) is 17.8 Å². The number of para-hydroxylation sites is 2. The van der Waals surface area contributed by atoms with Gasteiger partial charge in [0.2, 0.25) is 5.43 Å². The summed E-state index contributed by atoms with van der Waals surface area (Å²) in [6.07, 6.45) is 3.14. The van der Waals surface area contributed by atoms with Crippen LogP contribution in [0.15, 0.2) is 83.9 Å². The van der Waals surface area contributed by atoms with Crippen LogP contribution in [0.25, 0.3) is 22.8 Å². The van der Waals surface area contributed by atoms with Crippen molar-refractivity contribution in [2.75, 3.05) is 0 Å². The molecule has 2 aromatic heterocycles. The smallest absolute Gasteiger partial charge is 0.209 e. The second-order valence-corrected chi connectivity index (χ2v) is 7.04. The van der Waals surface area contributed by atoms with Crippen LogP contribution < -0.4 is 5.43 Å². The lowest BCUT2D eigenvalue weighted by Gasteiger charge is -2.12. The third-order valence-electron chi connectivity index (χ3n) is 4.23. The predicted octanol–water partition coefficient (Wildman–Crippen LogP) is 2.20. The van der Waals surface area contributed by atoms with Crippen LogP contribution in [0.5, 0.6) is 0 Å². The Bertz CT molecular complexity index is 1250. The summed E-state index contributed by atoms with van der Waals surface area (Å²) in [7, 11) is -2.59. The zero-order valence-electron chi connectivity index (χ0n) is 14.7. The van der Waals surface area contributed by atoms with Crippen molar-refractivity contribution in [3.8, 4) is 22.8 Å². The molecule has 0 amide bonds. The van der Waals surface area contributed by atoms with Gasteiger partial charge in [0, 0.05) is 12.3 Å². The van der Waals surface area contributed by atoms with Crippen LogP contribution in [0.2, 0.25) is 0 Å². The highest BCUT2D eigenvalue weighted by Gasteiger charge is 2.14. The molecule has 0 unspecified atom stereocenters. The Balaban J connectivity index is 1.86. The molecule has 0 aliphatic rings. The van der Waals surface area contributed by atoms with Crippen molar-refractivity contribution in [2.24, 2.45) is 0 Å². The monoisotopic (exact) mass is 392 g/mol. The van der Waals surface area contributed by atoms with E-state index in [4.69, 9.17) is 0 Å². The Morgan fingerprint density at radius 1 is 0.893 bits per heavy atom. The molecule has 0 saturated heterocycles. The summed E-state index contributed by atoms with van der Waals surface area (Å²) in [5.74, 6) is -0.101. The topological polar surface area (TPSA) is 86.8 Å². The fourth-order valence-electron chi connectivity index (χ4n) is 2.98. The maximum atomic E-state index is 12.5. The molecule has 8 heteroatoms. The average Bonchev–Trinajstić information content (AvgIpc) is 3.19. The van der Waals surface area contributed by atoms with Crippen molar-refractivity contribution in [3.05, 3.63) is 94.9 Å². The van der Waals surface area contributed by atoms with Gasteiger partial charge in [-0.1, -0.05) is 36.4 Å². The number of rotatable bonds is 5. The second kappa shape index (κ2) is 7.61. The van der Waals surface area contributed by atoms with E-state index >= 15 is 0 Å². The van der Waals surface area contributed by atoms with Crippen molar-refractivity contribution in [3.63, 3.8) is 0 Å². The van der Waals surface area contributed by atoms with Crippen LogP contribution in [0.3, 0.4) is 0 Å². The minimum absolute atomic E-state index is 0.101. The van der Waals surface area contributed by atoms with Gasteiger partial charge in [-0.05, 0) is 29.8 Å². The zero-order valence-corrected chi connectivity index (χ0v) is 15.6. The normalized spacial score (nSPS) is 11.0. The first-order valence-corrected chi connectivity index (χ1v) is 9.89. The first kappa shape index (κ1) is 17.9. The number of aromatic nitrogens is 4. The van der Waals surface area contributed by atoms with Crippen LogP contribution in [-0.2, 0) is 16.5 Å². The van der Waals surface area contributed by atoms with E-state index in [2.05, 4.69) is 10.2 Å². The highest BCUT2D eigenvalue weighted by Crippen LogP contribution is 2.19. The molecule has 0 aliphatic heterocycles. The fraction of sp³-hybridized carbons (Fsp3) is 0.0500. The number of thiol groups is 1. The third kappa shape index (κ3) is 3.49. The van der Waals surface area contributed by atoms with Gasteiger partial charge in [-0.15, -0.1) is 0 Å². The molecule has 0 N–H and O–H groups in total. The van der Waals surface area contributed by atoms with Crippen LogP contribution >= 0.6 is 0 Å². The number of nitrogens with zero attached hydrogens (tertiary/aromatic N) is 4. The second-order valence-electron chi connectivity index (χ2n) is 6.06. The SMILES string of the molecule is O=c1ccn(-c2ccccc2C[SH](=O)=O)nc1-c1ccnn1-c1ccccc1. The van der Waals surface area contributed by atoms with E-state index in [0.29, 0.717) is 16.9 Å². The van der Waals surface area contributed by atoms with Crippen molar-refractivity contribution >= 4 is 10.7 Å². The lowest BCUT2D eigenvalue weighted by molar-refractivity contribution is 0.613. The first-order chi connectivity index (χ1) is 13.6. The van der Waals surface area contributed by atoms with E-state index in [1.807, 2.05) is 30.3 Å². The Kier molecular flexibility index (Phi) is 4.86. The highest BCUT2D eigenvalue weighted by molar-refractivity contribution is 7.71. The molecule has 0 radical (unpaired) electrons. The zero-order chi connectivity index (χ0) is 19.5. The van der Waals surface area contributed by atoms with Gasteiger partial charge in [-0.2, -0.15) is 10.2 Å². The Labute approximate surface area is 162 Å². The molecule has 2 heterocycles. The van der Waals surface area contributed by atoms with E-state index in [1.165, 1.54) is 16.9 Å². The maximum absolute atomic E-state index is 12.5. The van der Waals surface area contributed by atoms with Gasteiger partial charge in [0.15, 0.2) is 5.69 Å². The van der Waals surface area contributed by atoms with Crippen molar-refractivity contribution in [1.82, 2.24) is 19.6 Å². The van der Waals surface area contributed by atoms with E-state index in [1.54, 1.807) is 41.2 Å². The van der Waals surface area contributed by atoms with Gasteiger partial charge >= 0.3 is 0 Å². The van der Waals surface area contributed by atoms with Crippen LogP contribution in [0.1, 0.15) is 5.56 Å². The summed E-state index contributed by atoms with van der Waals surface area (Å²) in [6, 6.07) is 19.7. The minimum Gasteiger partial charge on any atom is -0.287 e. The Morgan fingerprint density at radius 2 is 1.64 bits per heavy atom. The lowest BCUT2D eigenvalue weighted by atomic mass is 10.2. The van der Waals surface area contributed by atoms with Crippen LogP contribution in [0, 0.1) is 0 Å². The molecule has 4 rings (SSSR count). The molecule has 2 aromatic carbocycles. The van der Waals surface area contributed by atoms with Gasteiger partial charge < -0.3 is 0 Å². The van der Waals surface area contributed by atoms with E-state index in [0.717, 1.165) is 5.69 Å². The van der Waals surface area contributed by atoms with Gasteiger partial charge in [0.05, 0.1) is 29.0 Å². The maximum Gasteiger partial charge on any atom is 0.209 e. The summed E-state index contributed by atoms with van der Waals surface area (Å²) < 4.78 is 25.6. The summed E-state index contributed by atoms with van der Waals surface area (Å²) in [6.45, 7) is 0. The van der Waals surface area contributed by atoms with E-state index in [-0.39, 0.29) is 16.9 Å². The molecule has 0 fully saturated rings. The van der Waals surface area contributed by atoms with E-state index < -0.39 is 10.7 Å². The van der Waals surface area contributed by atoms with Crippen molar-refractivity contribution in [1.29, 1.82) is 0 Å². The number of benzene rings is 2. The summed E-state index contributed by atoms with van der Waals surface area (Å²) in [5.41, 5.74) is 2.55. The largest absolute Gasteiger partial charge is 0.287 e. The highest BCUT2D eigenvalue weighted by atomic mass is 32.2. The molecule has 4 aromatic rings. The van der Waals surface area contributed by atoms with Crippen molar-refractivity contribution < 1.29 is 8.42 Å². The van der Waals surface area contributed by atoms with Crippen LogP contribution in [0.4, 0.5) is 0 Å². The molecule has 28 heavy (non-hydrogen) atoms. The summed E-state index contributed by atoms with van der Waals surface area (Å²) >= 11 is 0. The Hall–Kier alpha value is -3.52. The van der Waals surface area contributed by atoms with Gasteiger partial charge in [-0.3, -0.25) is 4.79 Å². The number of hydrogen-bond acceptors (Lipinski definition) is 5. The number of hydrogen-bond donors (Lipinski definition) is 1. The average molecular weight is 392 g/mol. The Morgan fingerprint density at radius 3 is 2.43 bits per heavy atom. The van der Waals surface area contributed by atoms with Crippen molar-refractivity contribution in [2.45, 2.75) is 5.75 Å².